The Morgan fingerprint density at radius 3 is 2.69 bits per heavy atom. The van der Waals surface area contributed by atoms with Crippen LogP contribution in [0, 0.1) is 6.92 Å². The highest BCUT2D eigenvalue weighted by Gasteiger charge is 2.14. The minimum absolute atomic E-state index is 0.446. The van der Waals surface area contributed by atoms with E-state index in [0.717, 1.165) is 12.1 Å². The van der Waals surface area contributed by atoms with Crippen molar-refractivity contribution in [3.63, 3.8) is 0 Å². The number of methoxy groups -OCH3 is 1. The smallest absolute Gasteiger partial charge is 0.121 e. The summed E-state index contributed by atoms with van der Waals surface area (Å²) in [6.07, 6.45) is 3.34. The van der Waals surface area contributed by atoms with Gasteiger partial charge in [0.05, 0.1) is 44.5 Å². The lowest BCUT2D eigenvalue weighted by atomic mass is 10.2. The van der Waals surface area contributed by atoms with Crippen LogP contribution in [-0.4, -0.2) is 42.4 Å². The molecule has 0 aliphatic heterocycles. The molecular formula is C19H24ClN3O2S. The second-order valence-electron chi connectivity index (χ2n) is 5.98. The lowest BCUT2D eigenvalue weighted by Gasteiger charge is -2.12. The third-order valence-corrected chi connectivity index (χ3v) is 6.00. The van der Waals surface area contributed by atoms with Gasteiger partial charge in [0.15, 0.2) is 0 Å². The summed E-state index contributed by atoms with van der Waals surface area (Å²) in [5, 5.41) is 0.446. The molecule has 7 heteroatoms. The number of rotatable bonds is 6. The van der Waals surface area contributed by atoms with Gasteiger partial charge in [-0.25, -0.2) is 9.20 Å². The highest BCUT2D eigenvalue weighted by molar-refractivity contribution is 7.93. The van der Waals surface area contributed by atoms with Crippen molar-refractivity contribution in [2.24, 2.45) is 9.36 Å². The number of aliphatic imine (C=N–C) groups is 1. The zero-order valence-corrected chi connectivity index (χ0v) is 17.3. The second kappa shape index (κ2) is 8.56. The molecule has 0 radical (unpaired) electrons. The fourth-order valence-electron chi connectivity index (χ4n) is 2.31. The number of halogens is 1. The Balaban J connectivity index is 2.46. The van der Waals surface area contributed by atoms with Gasteiger partial charge < -0.3 is 9.64 Å². The molecule has 2 aromatic rings. The van der Waals surface area contributed by atoms with Crippen molar-refractivity contribution in [3.8, 4) is 5.75 Å². The van der Waals surface area contributed by atoms with Crippen LogP contribution in [0.1, 0.15) is 12.5 Å². The van der Waals surface area contributed by atoms with Crippen LogP contribution in [0.5, 0.6) is 5.75 Å². The molecule has 2 aromatic carbocycles. The van der Waals surface area contributed by atoms with Gasteiger partial charge in [0.1, 0.15) is 5.75 Å². The van der Waals surface area contributed by atoms with E-state index >= 15 is 0 Å². The van der Waals surface area contributed by atoms with Crippen LogP contribution in [0.4, 0.5) is 11.4 Å². The summed E-state index contributed by atoms with van der Waals surface area (Å²) >= 11 is 6.37. The van der Waals surface area contributed by atoms with Gasteiger partial charge in [-0.15, -0.1) is 0 Å². The van der Waals surface area contributed by atoms with E-state index in [1.54, 1.807) is 37.9 Å². The van der Waals surface area contributed by atoms with Gasteiger partial charge in [0.25, 0.3) is 0 Å². The van der Waals surface area contributed by atoms with E-state index in [1.165, 1.54) is 0 Å². The standard InChI is InChI=1S/C19H24ClN3O2S/c1-6-23(3)13-21-18-10-14(2)19(12-17(18)20)26(5,24)22-15-8-7-9-16(11-15)25-4/h7-13H,6H2,1-5H3. The average molecular weight is 394 g/mol. The first-order chi connectivity index (χ1) is 12.3. The van der Waals surface area contributed by atoms with Gasteiger partial charge in [-0.1, -0.05) is 17.7 Å². The topological polar surface area (TPSA) is 54.3 Å². The van der Waals surface area contributed by atoms with E-state index in [1.807, 2.05) is 44.0 Å². The van der Waals surface area contributed by atoms with E-state index in [-0.39, 0.29) is 0 Å². The molecular weight excluding hydrogens is 370 g/mol. The Labute approximate surface area is 160 Å². The van der Waals surface area contributed by atoms with E-state index in [4.69, 9.17) is 16.3 Å². The maximum atomic E-state index is 13.2. The summed E-state index contributed by atoms with van der Waals surface area (Å²) in [5.74, 6) is 0.668. The lowest BCUT2D eigenvalue weighted by molar-refractivity contribution is 0.415. The van der Waals surface area contributed by atoms with Gasteiger partial charge in [-0.05, 0) is 43.7 Å². The van der Waals surface area contributed by atoms with Gasteiger partial charge in [0.2, 0.25) is 0 Å². The zero-order chi connectivity index (χ0) is 19.3. The first-order valence-corrected chi connectivity index (χ1v) is 10.5. The van der Waals surface area contributed by atoms with Crippen molar-refractivity contribution in [2.75, 3.05) is 27.0 Å². The molecule has 0 aliphatic carbocycles. The molecule has 26 heavy (non-hydrogen) atoms. The summed E-state index contributed by atoms with van der Waals surface area (Å²) in [6, 6.07) is 10.7. The molecule has 0 bridgehead atoms. The van der Waals surface area contributed by atoms with Crippen molar-refractivity contribution in [1.29, 1.82) is 0 Å². The Kier molecular flexibility index (Phi) is 6.67. The zero-order valence-electron chi connectivity index (χ0n) is 15.7. The Morgan fingerprint density at radius 1 is 1.31 bits per heavy atom. The van der Waals surface area contributed by atoms with Gasteiger partial charge in [-0.3, -0.25) is 0 Å². The number of hydrogen-bond donors (Lipinski definition) is 0. The normalized spacial score (nSPS) is 13.5. The first kappa shape index (κ1) is 20.3. The minimum Gasteiger partial charge on any atom is -0.497 e. The van der Waals surface area contributed by atoms with Crippen molar-refractivity contribution in [2.45, 2.75) is 18.7 Å². The Hall–Kier alpha value is -2.05. The highest BCUT2D eigenvalue weighted by atomic mass is 35.5. The molecule has 0 N–H and O–H groups in total. The van der Waals surface area contributed by atoms with Crippen LogP contribution < -0.4 is 4.74 Å². The fraction of sp³-hybridized carbons (Fsp3) is 0.316. The van der Waals surface area contributed by atoms with Crippen LogP contribution in [0.25, 0.3) is 0 Å². The summed E-state index contributed by atoms with van der Waals surface area (Å²) in [7, 11) is 0.848. The van der Waals surface area contributed by atoms with Crippen molar-refractivity contribution >= 4 is 39.0 Å². The number of hydrogen-bond acceptors (Lipinski definition) is 4. The molecule has 1 atom stereocenters. The van der Waals surface area contributed by atoms with E-state index in [2.05, 4.69) is 9.36 Å². The molecule has 0 heterocycles. The molecule has 2 rings (SSSR count). The molecule has 140 valence electrons. The van der Waals surface area contributed by atoms with Crippen LogP contribution in [-0.2, 0) is 9.73 Å². The third kappa shape index (κ3) is 4.99. The number of ether oxygens (including phenoxy) is 1. The molecule has 1 unspecified atom stereocenters. The van der Waals surface area contributed by atoms with E-state index in [0.29, 0.717) is 27.0 Å². The molecule has 5 nitrogen and oxygen atoms in total. The predicted octanol–water partition coefficient (Wildman–Crippen LogP) is 5.06. The molecule has 0 saturated heterocycles. The Morgan fingerprint density at radius 2 is 2.04 bits per heavy atom. The number of aryl methyl sites for hydroxylation is 1. The minimum atomic E-state index is -2.67. The maximum Gasteiger partial charge on any atom is 0.121 e. The molecule has 0 aliphatic rings. The molecule has 0 spiro atoms. The van der Waals surface area contributed by atoms with Crippen molar-refractivity contribution < 1.29 is 8.95 Å². The van der Waals surface area contributed by atoms with Crippen LogP contribution in [0.3, 0.4) is 0 Å². The summed E-state index contributed by atoms with van der Waals surface area (Å²) in [5.41, 5.74) is 2.07. The van der Waals surface area contributed by atoms with Crippen LogP contribution >= 0.6 is 11.6 Å². The van der Waals surface area contributed by atoms with E-state index in [9.17, 15) is 4.21 Å². The molecule has 0 saturated carbocycles. The van der Waals surface area contributed by atoms with Gasteiger partial charge >= 0.3 is 0 Å². The first-order valence-electron chi connectivity index (χ1n) is 8.17. The Bertz CT molecular complexity index is 934. The van der Waals surface area contributed by atoms with Crippen LogP contribution in [0.2, 0.25) is 5.02 Å². The quantitative estimate of drug-likeness (QED) is 0.509. The molecule has 0 aromatic heterocycles. The predicted molar refractivity (Wildman–Crippen MR) is 110 cm³/mol. The van der Waals surface area contributed by atoms with Gasteiger partial charge in [-0.2, -0.15) is 4.36 Å². The third-order valence-electron chi connectivity index (χ3n) is 3.88. The lowest BCUT2D eigenvalue weighted by Crippen LogP contribution is -2.14. The SMILES string of the molecule is CCN(C)C=Nc1cc(C)c(S(C)(=O)=Nc2cccc(OC)c2)cc1Cl. The summed E-state index contributed by atoms with van der Waals surface area (Å²) in [6.45, 7) is 4.77. The van der Waals surface area contributed by atoms with E-state index < -0.39 is 9.73 Å². The molecule has 0 fully saturated rings. The van der Waals surface area contributed by atoms with Crippen molar-refractivity contribution in [1.82, 2.24) is 4.90 Å². The highest BCUT2D eigenvalue weighted by Crippen LogP contribution is 2.32. The number of nitrogens with zero attached hydrogens (tertiary/aromatic N) is 3. The fourth-order valence-corrected chi connectivity index (χ4v) is 4.20. The molecule has 0 amide bonds. The monoisotopic (exact) mass is 393 g/mol. The van der Waals surface area contributed by atoms with Gasteiger partial charge in [0, 0.05) is 25.9 Å². The average Bonchev–Trinajstić information content (AvgIpc) is 2.61. The van der Waals surface area contributed by atoms with Crippen LogP contribution in [0.15, 0.2) is 50.6 Å². The summed E-state index contributed by atoms with van der Waals surface area (Å²) in [4.78, 5) is 6.95. The number of benzene rings is 2. The largest absolute Gasteiger partial charge is 0.497 e. The van der Waals surface area contributed by atoms with Crippen molar-refractivity contribution in [3.05, 3.63) is 47.0 Å². The second-order valence-corrected chi connectivity index (χ2v) is 8.62. The summed E-state index contributed by atoms with van der Waals surface area (Å²) < 4.78 is 22.9. The maximum absolute atomic E-state index is 13.2.